The molecule has 0 radical (unpaired) electrons. The van der Waals surface area contributed by atoms with Crippen molar-refractivity contribution in [1.82, 2.24) is 10.2 Å². The first-order valence-electron chi connectivity index (χ1n) is 16.6. The highest BCUT2D eigenvalue weighted by Crippen LogP contribution is 2.60. The van der Waals surface area contributed by atoms with Crippen molar-refractivity contribution in [3.63, 3.8) is 0 Å². The van der Waals surface area contributed by atoms with Crippen molar-refractivity contribution in [3.8, 4) is 0 Å². The monoisotopic (exact) mass is 755 g/mol. The van der Waals surface area contributed by atoms with E-state index in [-0.39, 0.29) is 48.7 Å². The fourth-order valence-electron chi connectivity index (χ4n) is 7.47. The maximum absolute atomic E-state index is 14.7. The molecule has 3 aliphatic heterocycles. The molecular formula is C37H43BrClN3O7. The Hall–Kier alpha value is -3.51. The van der Waals surface area contributed by atoms with Crippen molar-refractivity contribution in [2.24, 2.45) is 11.8 Å². The fourth-order valence-corrected chi connectivity index (χ4v) is 8.54. The van der Waals surface area contributed by atoms with Crippen LogP contribution in [0, 0.1) is 11.8 Å². The van der Waals surface area contributed by atoms with Crippen LogP contribution < -0.4 is 10.2 Å². The Morgan fingerprint density at radius 3 is 2.53 bits per heavy atom. The quantitative estimate of drug-likeness (QED) is 0.105. The number of aliphatic hydroxyl groups excluding tert-OH is 1. The molecule has 2 N–H and O–H groups in total. The number of hydrogen-bond acceptors (Lipinski definition) is 7. The Kier molecular flexibility index (Phi) is 12.0. The lowest BCUT2D eigenvalue weighted by atomic mass is 9.70. The van der Waals surface area contributed by atoms with Gasteiger partial charge in [-0.2, -0.15) is 0 Å². The number of allylic oxidation sites excluding steroid dienone is 1. The van der Waals surface area contributed by atoms with Crippen molar-refractivity contribution in [1.29, 1.82) is 0 Å². The lowest BCUT2D eigenvalue weighted by Gasteiger charge is -2.37. The average Bonchev–Trinajstić information content (AvgIpc) is 3.68. The third kappa shape index (κ3) is 7.36. The third-order valence-electron chi connectivity index (χ3n) is 9.61. The zero-order valence-electron chi connectivity index (χ0n) is 27.5. The van der Waals surface area contributed by atoms with Gasteiger partial charge in [-0.3, -0.25) is 19.2 Å². The van der Waals surface area contributed by atoms with Crippen LogP contribution in [0.2, 0.25) is 5.02 Å². The molecule has 10 nitrogen and oxygen atoms in total. The van der Waals surface area contributed by atoms with E-state index in [1.807, 2.05) is 30.3 Å². The van der Waals surface area contributed by atoms with Gasteiger partial charge in [-0.05, 0) is 62.4 Å². The molecule has 3 aliphatic rings. The number of esters is 1. The highest BCUT2D eigenvalue weighted by molar-refractivity contribution is 9.09. The number of amides is 3. The van der Waals surface area contributed by atoms with E-state index in [0.717, 1.165) is 0 Å². The Morgan fingerprint density at radius 2 is 1.88 bits per heavy atom. The van der Waals surface area contributed by atoms with E-state index in [2.05, 4.69) is 34.4 Å². The van der Waals surface area contributed by atoms with E-state index >= 15 is 0 Å². The van der Waals surface area contributed by atoms with Crippen molar-refractivity contribution < 1.29 is 33.8 Å². The number of ether oxygens (including phenoxy) is 2. The molecular weight excluding hydrogens is 714 g/mol. The average molecular weight is 757 g/mol. The first-order valence-corrected chi connectivity index (χ1v) is 17.9. The predicted molar refractivity (Wildman–Crippen MR) is 190 cm³/mol. The summed E-state index contributed by atoms with van der Waals surface area (Å²) in [6, 6.07) is 14.3. The number of aliphatic hydroxyl groups is 1. The van der Waals surface area contributed by atoms with Crippen LogP contribution in [0.15, 0.2) is 79.9 Å². The summed E-state index contributed by atoms with van der Waals surface area (Å²) in [4.78, 5) is 58.9. The molecule has 0 aromatic heterocycles. The molecule has 0 aliphatic carbocycles. The summed E-state index contributed by atoms with van der Waals surface area (Å²) in [5, 5.41) is 13.0. The number of anilines is 1. The first-order chi connectivity index (χ1) is 23.6. The highest BCUT2D eigenvalue weighted by Gasteiger charge is 2.77. The number of carbonyl (C=O) groups is 4. The molecule has 5 rings (SSSR count). The van der Waals surface area contributed by atoms with Gasteiger partial charge in [0.2, 0.25) is 11.8 Å². The maximum atomic E-state index is 14.7. The Morgan fingerprint density at radius 1 is 1.16 bits per heavy atom. The second-order valence-electron chi connectivity index (χ2n) is 12.8. The summed E-state index contributed by atoms with van der Waals surface area (Å²) in [7, 11) is 0. The van der Waals surface area contributed by atoms with Gasteiger partial charge in [-0.1, -0.05) is 70.0 Å². The van der Waals surface area contributed by atoms with Gasteiger partial charge in [0.15, 0.2) is 0 Å². The van der Waals surface area contributed by atoms with Crippen LogP contribution in [0.4, 0.5) is 5.69 Å². The van der Waals surface area contributed by atoms with E-state index in [1.165, 1.54) is 4.90 Å². The summed E-state index contributed by atoms with van der Waals surface area (Å²) < 4.78 is 12.9. The molecule has 8 atom stereocenters. The van der Waals surface area contributed by atoms with Gasteiger partial charge in [-0.15, -0.1) is 13.2 Å². The molecule has 2 bridgehead atoms. The standard InChI is InChI=1S/C37H43BrClN3O7/c1-4-6-14-28(44)40-23(3)31(24-12-8-7-9-13-24)48-36(47)29-30-34(45)42(20-10-11-21-43)33(37(30)22-27(38)32(29)49-37)35(46)41(19-5-2)26-17-15-25(39)16-18-26/h4-5,7-9,12-13,15-18,23,27,29-33,43H,1-2,6,10-11,14,19-22H2,3H3,(H,40,44)/t23-,27?,29-,30+,31-,32-,33-,37+/m0/s1. The van der Waals surface area contributed by atoms with Crippen molar-refractivity contribution in [2.75, 3.05) is 24.6 Å². The second-order valence-corrected chi connectivity index (χ2v) is 14.4. The normalized spacial score (nSPS) is 26.5. The molecule has 2 aromatic rings. The Labute approximate surface area is 300 Å². The van der Waals surface area contributed by atoms with Gasteiger partial charge >= 0.3 is 5.97 Å². The van der Waals surface area contributed by atoms with Crippen LogP contribution in [0.25, 0.3) is 0 Å². The summed E-state index contributed by atoms with van der Waals surface area (Å²) >= 11 is 9.86. The summed E-state index contributed by atoms with van der Waals surface area (Å²) in [5.41, 5.74) is -0.0548. The highest BCUT2D eigenvalue weighted by atomic mass is 79.9. The number of carbonyl (C=O) groups excluding carboxylic acids is 4. The van der Waals surface area contributed by atoms with E-state index in [9.17, 15) is 24.3 Å². The van der Waals surface area contributed by atoms with E-state index in [1.54, 1.807) is 48.2 Å². The number of nitrogens with one attached hydrogen (secondary N) is 1. The molecule has 3 saturated heterocycles. The smallest absolute Gasteiger partial charge is 0.313 e. The van der Waals surface area contributed by atoms with Crippen LogP contribution in [0.1, 0.15) is 50.7 Å². The summed E-state index contributed by atoms with van der Waals surface area (Å²) in [5.74, 6) is -3.57. The largest absolute Gasteiger partial charge is 0.455 e. The fraction of sp³-hybridized carbons (Fsp3) is 0.459. The summed E-state index contributed by atoms with van der Waals surface area (Å²) in [6.45, 7) is 9.58. The zero-order chi connectivity index (χ0) is 35.3. The lowest BCUT2D eigenvalue weighted by molar-refractivity contribution is -0.162. The maximum Gasteiger partial charge on any atom is 0.313 e. The molecule has 1 unspecified atom stereocenters. The number of likely N-dealkylation sites (tertiary alicyclic amines) is 1. The van der Waals surface area contributed by atoms with Gasteiger partial charge in [0.1, 0.15) is 17.7 Å². The predicted octanol–water partition coefficient (Wildman–Crippen LogP) is 5.13. The molecule has 2 aromatic carbocycles. The minimum Gasteiger partial charge on any atom is -0.455 e. The molecule has 3 heterocycles. The SMILES string of the molecule is C=CCCC(=O)N[C@@H](C)[C@H](OC(=O)[C@@H]1[C@H]2O[C@@]3(CC2Br)[C@H](C(=O)N(CC=C)c2ccc(Cl)cc2)N(CCCCO)C(=O)[C@@H]13)c1ccccc1. The van der Waals surface area contributed by atoms with Gasteiger partial charge in [0.05, 0.1) is 24.0 Å². The minimum absolute atomic E-state index is 0.0667. The van der Waals surface area contributed by atoms with Gasteiger partial charge in [-0.25, -0.2) is 0 Å². The Bertz CT molecular complexity index is 1540. The van der Waals surface area contributed by atoms with Crippen molar-refractivity contribution in [3.05, 3.63) is 90.5 Å². The van der Waals surface area contributed by atoms with Gasteiger partial charge in [0, 0.05) is 41.7 Å². The lowest BCUT2D eigenvalue weighted by Crippen LogP contribution is -2.57. The number of rotatable bonds is 16. The van der Waals surface area contributed by atoms with Crippen molar-refractivity contribution >= 4 is 56.9 Å². The second kappa shape index (κ2) is 16.0. The minimum atomic E-state index is -1.31. The molecule has 3 fully saturated rings. The van der Waals surface area contributed by atoms with E-state index in [4.69, 9.17) is 21.1 Å². The molecule has 12 heteroatoms. The molecule has 1 spiro atoms. The molecule has 262 valence electrons. The van der Waals surface area contributed by atoms with Crippen LogP contribution in [0.3, 0.4) is 0 Å². The first kappa shape index (κ1) is 36.8. The van der Waals surface area contributed by atoms with Gasteiger partial charge < -0.3 is 29.7 Å². The number of alkyl halides is 1. The van der Waals surface area contributed by atoms with Crippen LogP contribution in [0.5, 0.6) is 0 Å². The number of hydrogen-bond donors (Lipinski definition) is 2. The molecule has 3 amide bonds. The van der Waals surface area contributed by atoms with E-state index in [0.29, 0.717) is 42.0 Å². The number of fused-ring (bicyclic) bond motifs is 1. The zero-order valence-corrected chi connectivity index (χ0v) is 29.9. The molecule has 49 heavy (non-hydrogen) atoms. The van der Waals surface area contributed by atoms with E-state index < -0.39 is 47.7 Å². The number of benzene rings is 2. The molecule has 0 saturated carbocycles. The number of halogens is 2. The van der Waals surface area contributed by atoms with Crippen LogP contribution in [-0.4, -0.2) is 82.0 Å². The van der Waals surface area contributed by atoms with Crippen LogP contribution >= 0.6 is 27.5 Å². The topological polar surface area (TPSA) is 125 Å². The van der Waals surface area contributed by atoms with Gasteiger partial charge in [0.25, 0.3) is 5.91 Å². The number of nitrogens with zero attached hydrogens (tertiary/aromatic N) is 2. The third-order valence-corrected chi connectivity index (χ3v) is 10.7. The Balaban J connectivity index is 1.49. The van der Waals surface area contributed by atoms with Crippen LogP contribution in [-0.2, 0) is 28.7 Å². The van der Waals surface area contributed by atoms with Crippen molar-refractivity contribution in [2.45, 2.75) is 73.7 Å². The summed E-state index contributed by atoms with van der Waals surface area (Å²) in [6.07, 6.45) is 3.64. The number of unbranched alkanes of at least 4 members (excludes halogenated alkanes) is 1.